The summed E-state index contributed by atoms with van der Waals surface area (Å²) < 4.78 is 0. The Hall–Kier alpha value is -0.570. The Kier molecular flexibility index (Phi) is 4.54. The van der Waals surface area contributed by atoms with Gasteiger partial charge >= 0.3 is 0 Å². The van der Waals surface area contributed by atoms with Crippen molar-refractivity contribution in [3.8, 4) is 0 Å². The molecule has 19 heavy (non-hydrogen) atoms. The van der Waals surface area contributed by atoms with E-state index in [-0.39, 0.29) is 12.2 Å². The Bertz CT molecular complexity index is 323. The largest absolute Gasteiger partial charge is 0.325 e. The van der Waals surface area contributed by atoms with E-state index < -0.39 is 0 Å². The first-order valence-electron chi connectivity index (χ1n) is 8.09. The maximum Gasteiger partial charge on any atom is 0.241 e. The fourth-order valence-corrected chi connectivity index (χ4v) is 3.48. The van der Waals surface area contributed by atoms with Crippen molar-refractivity contribution >= 4 is 5.91 Å². The Balaban J connectivity index is 2.05. The standard InChI is InChI=1S/C16H30N2O/c1-5-7-13-15(19)18(14(17-13)12(3)4)11-16(8-6-2)9-10-16/h12-14,17H,5-11H2,1-4H3. The molecule has 1 aliphatic heterocycles. The molecule has 1 saturated heterocycles. The zero-order chi connectivity index (χ0) is 14.0. The third kappa shape index (κ3) is 3.13. The van der Waals surface area contributed by atoms with Crippen molar-refractivity contribution in [2.75, 3.05) is 6.54 Å². The quantitative estimate of drug-likeness (QED) is 0.767. The van der Waals surface area contributed by atoms with Gasteiger partial charge in [-0.05, 0) is 37.0 Å². The van der Waals surface area contributed by atoms with Crippen molar-refractivity contribution < 1.29 is 4.79 Å². The lowest BCUT2D eigenvalue weighted by Gasteiger charge is -2.31. The van der Waals surface area contributed by atoms with Crippen molar-refractivity contribution in [3.63, 3.8) is 0 Å². The molecule has 1 saturated carbocycles. The van der Waals surface area contributed by atoms with Gasteiger partial charge in [0.25, 0.3) is 0 Å². The van der Waals surface area contributed by atoms with E-state index in [2.05, 4.69) is 37.9 Å². The number of carbonyl (C=O) groups excluding carboxylic acids is 1. The zero-order valence-electron chi connectivity index (χ0n) is 13.0. The molecule has 2 atom stereocenters. The van der Waals surface area contributed by atoms with Crippen LogP contribution in [0.25, 0.3) is 0 Å². The summed E-state index contributed by atoms with van der Waals surface area (Å²) in [6.07, 6.45) is 7.43. The Labute approximate surface area is 118 Å². The third-order valence-electron chi connectivity index (χ3n) is 4.74. The van der Waals surface area contributed by atoms with E-state index in [0.29, 0.717) is 17.2 Å². The van der Waals surface area contributed by atoms with Crippen molar-refractivity contribution in [1.29, 1.82) is 0 Å². The second-order valence-corrected chi connectivity index (χ2v) is 6.91. The van der Waals surface area contributed by atoms with Gasteiger partial charge < -0.3 is 4.90 Å². The predicted octanol–water partition coefficient (Wildman–Crippen LogP) is 3.15. The number of amides is 1. The van der Waals surface area contributed by atoms with E-state index in [4.69, 9.17) is 0 Å². The van der Waals surface area contributed by atoms with Gasteiger partial charge in [-0.15, -0.1) is 0 Å². The minimum absolute atomic E-state index is 0.0647. The van der Waals surface area contributed by atoms with Gasteiger partial charge in [-0.25, -0.2) is 0 Å². The first-order chi connectivity index (χ1) is 9.03. The molecule has 0 aromatic carbocycles. The summed E-state index contributed by atoms with van der Waals surface area (Å²) in [5.41, 5.74) is 0.459. The molecule has 2 aliphatic rings. The summed E-state index contributed by atoms with van der Waals surface area (Å²) in [6, 6.07) is 0.0647. The lowest BCUT2D eigenvalue weighted by Crippen LogP contribution is -2.44. The molecule has 3 heteroatoms. The van der Waals surface area contributed by atoms with Gasteiger partial charge in [0, 0.05) is 6.54 Å². The molecule has 0 radical (unpaired) electrons. The fourth-order valence-electron chi connectivity index (χ4n) is 3.48. The van der Waals surface area contributed by atoms with Crippen LogP contribution in [-0.4, -0.2) is 29.6 Å². The number of carbonyl (C=O) groups is 1. The molecule has 3 nitrogen and oxygen atoms in total. The lowest BCUT2D eigenvalue weighted by atomic mass is 9.99. The maximum absolute atomic E-state index is 12.6. The summed E-state index contributed by atoms with van der Waals surface area (Å²) >= 11 is 0. The first kappa shape index (κ1) is 14.8. The number of nitrogens with zero attached hydrogens (tertiary/aromatic N) is 1. The van der Waals surface area contributed by atoms with Gasteiger partial charge in [0.05, 0.1) is 12.2 Å². The van der Waals surface area contributed by atoms with E-state index >= 15 is 0 Å². The van der Waals surface area contributed by atoms with Gasteiger partial charge in [0.1, 0.15) is 0 Å². The maximum atomic E-state index is 12.6. The molecule has 0 bridgehead atoms. The highest BCUT2D eigenvalue weighted by molar-refractivity contribution is 5.84. The predicted molar refractivity (Wildman–Crippen MR) is 78.7 cm³/mol. The second-order valence-electron chi connectivity index (χ2n) is 6.91. The van der Waals surface area contributed by atoms with Crippen molar-refractivity contribution in [2.45, 2.75) is 78.4 Å². The van der Waals surface area contributed by atoms with Crippen LogP contribution in [0.1, 0.15) is 66.2 Å². The minimum atomic E-state index is 0.0647. The molecular formula is C16H30N2O. The monoisotopic (exact) mass is 266 g/mol. The Morgan fingerprint density at radius 3 is 2.47 bits per heavy atom. The number of hydrogen-bond acceptors (Lipinski definition) is 2. The third-order valence-corrected chi connectivity index (χ3v) is 4.74. The molecule has 110 valence electrons. The highest BCUT2D eigenvalue weighted by atomic mass is 16.2. The average molecular weight is 266 g/mol. The molecule has 2 unspecified atom stereocenters. The van der Waals surface area contributed by atoms with Gasteiger partial charge in [-0.2, -0.15) is 0 Å². The average Bonchev–Trinajstić information content (AvgIpc) is 3.04. The Morgan fingerprint density at radius 1 is 1.32 bits per heavy atom. The molecular weight excluding hydrogens is 236 g/mol. The normalized spacial score (nSPS) is 29.3. The van der Waals surface area contributed by atoms with Crippen LogP contribution in [0.2, 0.25) is 0 Å². The first-order valence-corrected chi connectivity index (χ1v) is 8.09. The van der Waals surface area contributed by atoms with Crippen LogP contribution >= 0.6 is 0 Å². The highest BCUT2D eigenvalue weighted by Gasteiger charge is 2.48. The summed E-state index contributed by atoms with van der Waals surface area (Å²) in [7, 11) is 0. The number of nitrogens with one attached hydrogen (secondary N) is 1. The smallest absolute Gasteiger partial charge is 0.241 e. The van der Waals surface area contributed by atoms with Crippen LogP contribution in [-0.2, 0) is 4.79 Å². The number of rotatable bonds is 7. The minimum Gasteiger partial charge on any atom is -0.325 e. The van der Waals surface area contributed by atoms with Crippen LogP contribution in [0.4, 0.5) is 0 Å². The van der Waals surface area contributed by atoms with Gasteiger partial charge in [-0.3, -0.25) is 10.1 Å². The van der Waals surface area contributed by atoms with Crippen molar-refractivity contribution in [3.05, 3.63) is 0 Å². The molecule has 0 spiro atoms. The van der Waals surface area contributed by atoms with E-state index in [0.717, 1.165) is 19.4 Å². The van der Waals surface area contributed by atoms with Gasteiger partial charge in [0.2, 0.25) is 5.91 Å². The van der Waals surface area contributed by atoms with E-state index in [1.807, 2.05) is 0 Å². The van der Waals surface area contributed by atoms with Crippen LogP contribution in [0.15, 0.2) is 0 Å². The van der Waals surface area contributed by atoms with Gasteiger partial charge in [0.15, 0.2) is 0 Å². The lowest BCUT2D eigenvalue weighted by molar-refractivity contribution is -0.131. The molecule has 2 fully saturated rings. The van der Waals surface area contributed by atoms with Crippen LogP contribution in [0.5, 0.6) is 0 Å². The van der Waals surface area contributed by atoms with E-state index in [1.165, 1.54) is 25.7 Å². The molecule has 2 rings (SSSR count). The highest BCUT2D eigenvalue weighted by Crippen LogP contribution is 2.50. The van der Waals surface area contributed by atoms with E-state index in [9.17, 15) is 4.79 Å². The summed E-state index contributed by atoms with van der Waals surface area (Å²) in [5.74, 6) is 0.839. The number of hydrogen-bond donors (Lipinski definition) is 1. The second kappa shape index (κ2) is 5.82. The fraction of sp³-hybridized carbons (Fsp3) is 0.938. The van der Waals surface area contributed by atoms with Crippen LogP contribution in [0, 0.1) is 11.3 Å². The van der Waals surface area contributed by atoms with Crippen molar-refractivity contribution in [2.24, 2.45) is 11.3 Å². The summed E-state index contributed by atoms with van der Waals surface area (Å²) in [5, 5.41) is 3.56. The SMILES string of the molecule is CCCC1NC(C(C)C)N(CC2(CCC)CC2)C1=O. The molecule has 1 N–H and O–H groups in total. The van der Waals surface area contributed by atoms with Crippen molar-refractivity contribution in [1.82, 2.24) is 10.2 Å². The molecule has 1 heterocycles. The molecule has 1 aliphatic carbocycles. The van der Waals surface area contributed by atoms with E-state index in [1.54, 1.807) is 0 Å². The molecule has 0 aromatic rings. The van der Waals surface area contributed by atoms with Crippen LogP contribution in [0.3, 0.4) is 0 Å². The Morgan fingerprint density at radius 2 is 2.00 bits per heavy atom. The zero-order valence-corrected chi connectivity index (χ0v) is 13.0. The summed E-state index contributed by atoms with van der Waals surface area (Å²) in [6.45, 7) is 9.82. The van der Waals surface area contributed by atoms with Crippen LogP contribution < -0.4 is 5.32 Å². The van der Waals surface area contributed by atoms with Gasteiger partial charge in [-0.1, -0.05) is 40.5 Å². The topological polar surface area (TPSA) is 32.3 Å². The molecule has 1 amide bonds. The molecule has 0 aromatic heterocycles. The summed E-state index contributed by atoms with van der Waals surface area (Å²) in [4.78, 5) is 14.7.